The largest absolute Gasteiger partial charge is 0.325 e. The predicted octanol–water partition coefficient (Wildman–Crippen LogP) is 2.78. The number of nitrogens with zero attached hydrogens (tertiary/aromatic N) is 1. The number of carbonyl (C=O) groups is 1. The van der Waals surface area contributed by atoms with Crippen LogP contribution in [0.4, 0.5) is 5.69 Å². The molecule has 0 aromatic heterocycles. The number of amides is 1. The highest BCUT2D eigenvalue weighted by Crippen LogP contribution is 2.38. The maximum absolute atomic E-state index is 12.1. The van der Waals surface area contributed by atoms with Gasteiger partial charge >= 0.3 is 0 Å². The molecule has 1 aliphatic rings. The smallest absolute Gasteiger partial charge is 0.240 e. The Morgan fingerprint density at radius 3 is 2.71 bits per heavy atom. The third-order valence-electron chi connectivity index (χ3n) is 2.97. The fourth-order valence-electron chi connectivity index (χ4n) is 1.85. The van der Waals surface area contributed by atoms with Crippen molar-refractivity contribution in [3.63, 3.8) is 0 Å². The van der Waals surface area contributed by atoms with Crippen LogP contribution in [0.1, 0.15) is 25.3 Å². The van der Waals surface area contributed by atoms with Crippen LogP contribution in [-0.2, 0) is 4.79 Å². The first-order chi connectivity index (χ1) is 8.14. The van der Waals surface area contributed by atoms with Crippen LogP contribution in [0.3, 0.4) is 0 Å². The standard InChI is InChI=1S/C13H14N2OS/c1-13(7-2-8-17-13)12(16)15-11-5-3-10(9-14)4-6-11/h3-6H,2,7-8H2,1H3,(H,15,16). The number of benzene rings is 1. The molecule has 0 aliphatic carbocycles. The lowest BCUT2D eigenvalue weighted by molar-refractivity contribution is -0.118. The van der Waals surface area contributed by atoms with Crippen LogP contribution in [0.15, 0.2) is 24.3 Å². The molecular formula is C13H14N2OS. The molecule has 1 heterocycles. The molecule has 1 amide bonds. The summed E-state index contributed by atoms with van der Waals surface area (Å²) in [5.41, 5.74) is 1.35. The highest BCUT2D eigenvalue weighted by molar-refractivity contribution is 8.01. The average molecular weight is 246 g/mol. The zero-order chi connectivity index (χ0) is 12.3. The Morgan fingerprint density at radius 1 is 1.47 bits per heavy atom. The van der Waals surface area contributed by atoms with E-state index in [0.717, 1.165) is 24.3 Å². The lowest BCUT2D eigenvalue weighted by Crippen LogP contribution is -2.34. The van der Waals surface area contributed by atoms with Crippen molar-refractivity contribution >= 4 is 23.4 Å². The van der Waals surface area contributed by atoms with Gasteiger partial charge in [0.15, 0.2) is 0 Å². The number of hydrogen-bond donors (Lipinski definition) is 1. The second-order valence-electron chi connectivity index (χ2n) is 4.33. The van der Waals surface area contributed by atoms with Gasteiger partial charge in [-0.15, -0.1) is 11.8 Å². The predicted molar refractivity (Wildman–Crippen MR) is 69.9 cm³/mol. The summed E-state index contributed by atoms with van der Waals surface area (Å²) in [6.07, 6.45) is 2.03. The molecule has 0 saturated carbocycles. The Bertz CT molecular complexity index is 455. The van der Waals surface area contributed by atoms with E-state index in [1.165, 1.54) is 0 Å². The number of anilines is 1. The van der Waals surface area contributed by atoms with Crippen LogP contribution >= 0.6 is 11.8 Å². The fourth-order valence-corrected chi connectivity index (χ4v) is 3.06. The molecule has 1 aromatic rings. The molecule has 1 aliphatic heterocycles. The monoisotopic (exact) mass is 246 g/mol. The minimum absolute atomic E-state index is 0.0599. The third kappa shape index (κ3) is 2.62. The molecule has 1 N–H and O–H groups in total. The minimum Gasteiger partial charge on any atom is -0.325 e. The first-order valence-corrected chi connectivity index (χ1v) is 6.58. The van der Waals surface area contributed by atoms with Crippen molar-refractivity contribution in [1.82, 2.24) is 0 Å². The van der Waals surface area contributed by atoms with Crippen molar-refractivity contribution in [1.29, 1.82) is 5.26 Å². The number of hydrogen-bond acceptors (Lipinski definition) is 3. The third-order valence-corrected chi connectivity index (χ3v) is 4.49. The van der Waals surface area contributed by atoms with Crippen LogP contribution in [0.25, 0.3) is 0 Å². The van der Waals surface area contributed by atoms with Crippen LogP contribution < -0.4 is 5.32 Å². The van der Waals surface area contributed by atoms with E-state index in [-0.39, 0.29) is 10.7 Å². The Balaban J connectivity index is 2.05. The molecule has 2 rings (SSSR count). The molecule has 1 fully saturated rings. The summed E-state index contributed by atoms with van der Waals surface area (Å²) in [6.45, 7) is 1.99. The molecule has 88 valence electrons. The van der Waals surface area contributed by atoms with Gasteiger partial charge in [0.1, 0.15) is 0 Å². The lowest BCUT2D eigenvalue weighted by atomic mass is 10.0. The van der Waals surface area contributed by atoms with Crippen molar-refractivity contribution < 1.29 is 4.79 Å². The summed E-state index contributed by atoms with van der Waals surface area (Å²) < 4.78 is -0.298. The number of thioether (sulfide) groups is 1. The zero-order valence-electron chi connectivity index (χ0n) is 9.69. The van der Waals surface area contributed by atoms with E-state index in [1.54, 1.807) is 36.0 Å². The van der Waals surface area contributed by atoms with Gasteiger partial charge in [0, 0.05) is 5.69 Å². The highest BCUT2D eigenvalue weighted by atomic mass is 32.2. The topological polar surface area (TPSA) is 52.9 Å². The van der Waals surface area contributed by atoms with Crippen molar-refractivity contribution in [2.75, 3.05) is 11.1 Å². The Hall–Kier alpha value is -1.47. The molecular weight excluding hydrogens is 232 g/mol. The van der Waals surface area contributed by atoms with Gasteiger partial charge in [-0.05, 0) is 49.8 Å². The molecule has 1 atom stereocenters. The molecule has 17 heavy (non-hydrogen) atoms. The first-order valence-electron chi connectivity index (χ1n) is 5.60. The summed E-state index contributed by atoms with van der Waals surface area (Å²) in [5.74, 6) is 1.11. The van der Waals surface area contributed by atoms with E-state index in [2.05, 4.69) is 11.4 Å². The van der Waals surface area contributed by atoms with Gasteiger partial charge in [0.05, 0.1) is 16.4 Å². The molecule has 1 saturated heterocycles. The van der Waals surface area contributed by atoms with Gasteiger partial charge in [-0.1, -0.05) is 0 Å². The molecule has 3 nitrogen and oxygen atoms in total. The van der Waals surface area contributed by atoms with E-state index < -0.39 is 0 Å². The second kappa shape index (κ2) is 4.80. The van der Waals surface area contributed by atoms with Gasteiger partial charge in [-0.3, -0.25) is 4.79 Å². The van der Waals surface area contributed by atoms with Gasteiger partial charge in [0.25, 0.3) is 0 Å². The second-order valence-corrected chi connectivity index (χ2v) is 5.92. The Kier molecular flexibility index (Phi) is 3.39. The van der Waals surface area contributed by atoms with Crippen molar-refractivity contribution in [3.05, 3.63) is 29.8 Å². The van der Waals surface area contributed by atoms with Crippen LogP contribution in [0, 0.1) is 11.3 Å². The number of rotatable bonds is 2. The quantitative estimate of drug-likeness (QED) is 0.873. The van der Waals surface area contributed by atoms with E-state index in [0.29, 0.717) is 5.56 Å². The maximum Gasteiger partial charge on any atom is 0.240 e. The maximum atomic E-state index is 12.1. The number of nitriles is 1. The Morgan fingerprint density at radius 2 is 2.18 bits per heavy atom. The molecule has 0 spiro atoms. The zero-order valence-corrected chi connectivity index (χ0v) is 10.5. The highest BCUT2D eigenvalue weighted by Gasteiger charge is 2.37. The average Bonchev–Trinajstić information content (AvgIpc) is 2.78. The van der Waals surface area contributed by atoms with Crippen molar-refractivity contribution in [2.24, 2.45) is 0 Å². The van der Waals surface area contributed by atoms with Gasteiger partial charge in [0.2, 0.25) is 5.91 Å². The van der Waals surface area contributed by atoms with E-state index >= 15 is 0 Å². The summed E-state index contributed by atoms with van der Waals surface area (Å²) >= 11 is 1.72. The molecule has 4 heteroatoms. The molecule has 1 aromatic carbocycles. The molecule has 1 unspecified atom stereocenters. The molecule has 0 radical (unpaired) electrons. The van der Waals surface area contributed by atoms with Crippen molar-refractivity contribution in [3.8, 4) is 6.07 Å². The Labute approximate surface area is 105 Å². The van der Waals surface area contributed by atoms with E-state index in [9.17, 15) is 4.79 Å². The number of nitrogens with one attached hydrogen (secondary N) is 1. The lowest BCUT2D eigenvalue weighted by Gasteiger charge is -2.21. The number of carbonyl (C=O) groups excluding carboxylic acids is 1. The van der Waals surface area contributed by atoms with Gasteiger partial charge < -0.3 is 5.32 Å². The van der Waals surface area contributed by atoms with Crippen LogP contribution in [0.2, 0.25) is 0 Å². The first kappa shape index (κ1) is 12.0. The van der Waals surface area contributed by atoms with Crippen LogP contribution in [-0.4, -0.2) is 16.4 Å². The van der Waals surface area contributed by atoms with Gasteiger partial charge in [-0.25, -0.2) is 0 Å². The summed E-state index contributed by atoms with van der Waals surface area (Å²) in [7, 11) is 0. The summed E-state index contributed by atoms with van der Waals surface area (Å²) in [4.78, 5) is 12.1. The molecule has 0 bridgehead atoms. The van der Waals surface area contributed by atoms with Crippen molar-refractivity contribution in [2.45, 2.75) is 24.5 Å². The summed E-state index contributed by atoms with van der Waals surface area (Å²) in [6, 6.07) is 9.00. The SMILES string of the molecule is CC1(C(=O)Nc2ccc(C#N)cc2)CCCS1. The van der Waals surface area contributed by atoms with Gasteiger partial charge in [-0.2, -0.15) is 5.26 Å². The van der Waals surface area contributed by atoms with E-state index in [1.807, 2.05) is 6.92 Å². The van der Waals surface area contributed by atoms with E-state index in [4.69, 9.17) is 5.26 Å². The normalized spacial score (nSPS) is 23.1. The minimum atomic E-state index is -0.298. The summed E-state index contributed by atoms with van der Waals surface area (Å²) in [5, 5.41) is 11.6. The van der Waals surface area contributed by atoms with Crippen LogP contribution in [0.5, 0.6) is 0 Å². The fraction of sp³-hybridized carbons (Fsp3) is 0.385.